The average Bonchev–Trinajstić information content (AvgIpc) is 2.55. The highest BCUT2D eigenvalue weighted by Crippen LogP contribution is 2.32. The van der Waals surface area contributed by atoms with Crippen LogP contribution in [0.1, 0.15) is 17.3 Å². The van der Waals surface area contributed by atoms with Gasteiger partial charge in [0.05, 0.1) is 10.7 Å². The molecule has 4 N–H and O–H groups in total. The van der Waals surface area contributed by atoms with E-state index in [0.29, 0.717) is 12.6 Å². The van der Waals surface area contributed by atoms with E-state index >= 15 is 0 Å². The molecule has 1 unspecified atom stereocenters. The lowest BCUT2D eigenvalue weighted by molar-refractivity contribution is -0.242. The van der Waals surface area contributed by atoms with Crippen molar-refractivity contribution >= 4 is 34.8 Å². The van der Waals surface area contributed by atoms with Gasteiger partial charge in [0.15, 0.2) is 0 Å². The van der Waals surface area contributed by atoms with Crippen LogP contribution in [-0.4, -0.2) is 33.8 Å². The fourth-order valence-electron chi connectivity index (χ4n) is 1.92. The molecular formula is C17H14ClF3N2O4. The summed E-state index contributed by atoms with van der Waals surface area (Å²) in [6.45, 7) is 0.313. The van der Waals surface area contributed by atoms with Gasteiger partial charge in [0.25, 0.3) is 11.8 Å². The van der Waals surface area contributed by atoms with Gasteiger partial charge in [-0.1, -0.05) is 17.7 Å². The second-order valence-electron chi connectivity index (χ2n) is 5.72. The second-order valence-corrected chi connectivity index (χ2v) is 6.13. The summed E-state index contributed by atoms with van der Waals surface area (Å²) < 4.78 is 38.0. The summed E-state index contributed by atoms with van der Waals surface area (Å²) in [5, 5.41) is 22.9. The van der Waals surface area contributed by atoms with Crippen LogP contribution in [0.5, 0.6) is 5.75 Å². The number of nitrogens with one attached hydrogen (secondary N) is 2. The summed E-state index contributed by atoms with van der Waals surface area (Å²) in [7, 11) is 0. The molecule has 0 aliphatic heterocycles. The van der Waals surface area contributed by atoms with Crippen LogP contribution in [-0.2, 0) is 4.79 Å². The van der Waals surface area contributed by atoms with Crippen LogP contribution < -0.4 is 10.6 Å². The molecule has 0 saturated carbocycles. The standard InChI is InChI=1S/C17H14ClF3N2O4/c1-16(27,17(19,20)21)15(26)23-13-6-5-9(7-12(13)18)14(25)22-10-3-2-4-11(24)8-10/h2-8,24,27H,1H3,(H,22,25)(H,23,26). The first-order chi connectivity index (χ1) is 12.4. The van der Waals surface area contributed by atoms with Crippen LogP contribution in [0, 0.1) is 0 Å². The van der Waals surface area contributed by atoms with Gasteiger partial charge in [-0.2, -0.15) is 13.2 Å². The Labute approximate surface area is 156 Å². The van der Waals surface area contributed by atoms with Crippen LogP contribution in [0.2, 0.25) is 5.02 Å². The zero-order valence-corrected chi connectivity index (χ0v) is 14.5. The molecule has 0 fully saturated rings. The minimum Gasteiger partial charge on any atom is -0.508 e. The van der Waals surface area contributed by atoms with Gasteiger partial charge in [0.1, 0.15) is 5.75 Å². The lowest BCUT2D eigenvalue weighted by Gasteiger charge is -2.25. The number of phenolic OH excluding ortho intramolecular Hbond substituents is 1. The molecule has 0 radical (unpaired) electrons. The molecule has 2 rings (SSSR count). The third kappa shape index (κ3) is 4.69. The van der Waals surface area contributed by atoms with Crippen molar-refractivity contribution in [2.45, 2.75) is 18.7 Å². The highest BCUT2D eigenvalue weighted by Gasteiger charge is 2.55. The average molecular weight is 403 g/mol. The molecule has 0 aliphatic rings. The van der Waals surface area contributed by atoms with Crippen molar-refractivity contribution in [3.8, 4) is 5.75 Å². The van der Waals surface area contributed by atoms with Crippen molar-refractivity contribution in [1.82, 2.24) is 0 Å². The summed E-state index contributed by atoms with van der Waals surface area (Å²) in [5.74, 6) is -2.36. The van der Waals surface area contributed by atoms with E-state index in [1.54, 1.807) is 0 Å². The molecule has 0 heterocycles. The van der Waals surface area contributed by atoms with Gasteiger partial charge in [-0.25, -0.2) is 0 Å². The Bertz CT molecular complexity index is 885. The molecule has 0 aliphatic carbocycles. The zero-order chi connectivity index (χ0) is 20.4. The van der Waals surface area contributed by atoms with Gasteiger partial charge in [-0.05, 0) is 37.3 Å². The Hall–Kier alpha value is -2.78. The number of carbonyl (C=O) groups excluding carboxylic acids is 2. The number of anilines is 2. The van der Waals surface area contributed by atoms with Crippen molar-refractivity contribution in [1.29, 1.82) is 0 Å². The molecule has 10 heteroatoms. The highest BCUT2D eigenvalue weighted by atomic mass is 35.5. The predicted molar refractivity (Wildman–Crippen MR) is 92.8 cm³/mol. The summed E-state index contributed by atoms with van der Waals surface area (Å²) in [6.07, 6.45) is -5.18. The maximum atomic E-state index is 12.7. The SMILES string of the molecule is CC(O)(C(=O)Nc1ccc(C(=O)Nc2cccc(O)c2)cc1Cl)C(F)(F)F. The highest BCUT2D eigenvalue weighted by molar-refractivity contribution is 6.34. The van der Waals surface area contributed by atoms with Crippen LogP contribution in [0.15, 0.2) is 42.5 Å². The van der Waals surface area contributed by atoms with E-state index in [0.717, 1.165) is 12.1 Å². The van der Waals surface area contributed by atoms with E-state index in [2.05, 4.69) is 5.32 Å². The largest absolute Gasteiger partial charge is 0.508 e. The summed E-state index contributed by atoms with van der Waals surface area (Å²) in [4.78, 5) is 23.9. The fourth-order valence-corrected chi connectivity index (χ4v) is 2.15. The van der Waals surface area contributed by atoms with Gasteiger partial charge in [-0.15, -0.1) is 0 Å². The van der Waals surface area contributed by atoms with Crippen LogP contribution in [0.4, 0.5) is 24.5 Å². The third-order valence-corrected chi connectivity index (χ3v) is 3.89. The topological polar surface area (TPSA) is 98.7 Å². The van der Waals surface area contributed by atoms with E-state index in [4.69, 9.17) is 11.6 Å². The number of benzene rings is 2. The number of aromatic hydroxyl groups is 1. The van der Waals surface area contributed by atoms with Gasteiger partial charge in [0, 0.05) is 17.3 Å². The molecule has 6 nitrogen and oxygen atoms in total. The number of phenols is 1. The number of aliphatic hydroxyl groups is 1. The Morgan fingerprint density at radius 2 is 1.74 bits per heavy atom. The number of hydrogen-bond acceptors (Lipinski definition) is 4. The minimum atomic E-state index is -5.18. The third-order valence-electron chi connectivity index (χ3n) is 3.58. The maximum Gasteiger partial charge on any atom is 0.426 e. The quantitative estimate of drug-likeness (QED) is 0.628. The normalized spacial score (nSPS) is 13.6. The number of alkyl halides is 3. The van der Waals surface area contributed by atoms with Crippen molar-refractivity contribution in [3.05, 3.63) is 53.1 Å². The molecule has 144 valence electrons. The number of rotatable bonds is 4. The van der Waals surface area contributed by atoms with E-state index in [9.17, 15) is 33.0 Å². The summed E-state index contributed by atoms with van der Waals surface area (Å²) in [5.41, 5.74) is -3.44. The lowest BCUT2D eigenvalue weighted by Crippen LogP contribution is -2.52. The molecule has 1 atom stereocenters. The monoisotopic (exact) mass is 402 g/mol. The summed E-state index contributed by atoms with van der Waals surface area (Å²) >= 11 is 5.91. The first-order valence-corrected chi connectivity index (χ1v) is 7.80. The first-order valence-electron chi connectivity index (χ1n) is 7.42. The van der Waals surface area contributed by atoms with Crippen molar-refractivity contribution < 1.29 is 33.0 Å². The number of carbonyl (C=O) groups is 2. The molecule has 27 heavy (non-hydrogen) atoms. The minimum absolute atomic E-state index is 0.0550. The van der Waals surface area contributed by atoms with Crippen molar-refractivity contribution in [2.24, 2.45) is 0 Å². The molecule has 2 aromatic carbocycles. The predicted octanol–water partition coefficient (Wildman–Crippen LogP) is 3.55. The van der Waals surface area contributed by atoms with E-state index < -0.39 is 23.6 Å². The Morgan fingerprint density at radius 1 is 1.07 bits per heavy atom. The van der Waals surface area contributed by atoms with E-state index in [-0.39, 0.29) is 22.0 Å². The first kappa shape index (κ1) is 20.5. The summed E-state index contributed by atoms with van der Waals surface area (Å²) in [6, 6.07) is 9.27. The number of halogens is 4. The van der Waals surface area contributed by atoms with Crippen LogP contribution in [0.3, 0.4) is 0 Å². The molecule has 0 bridgehead atoms. The van der Waals surface area contributed by atoms with E-state index in [1.807, 2.05) is 5.32 Å². The zero-order valence-electron chi connectivity index (χ0n) is 13.8. The Balaban J connectivity index is 2.15. The lowest BCUT2D eigenvalue weighted by atomic mass is 10.1. The van der Waals surface area contributed by atoms with E-state index in [1.165, 1.54) is 30.3 Å². The van der Waals surface area contributed by atoms with Crippen molar-refractivity contribution in [2.75, 3.05) is 10.6 Å². The van der Waals surface area contributed by atoms with Crippen LogP contribution in [0.25, 0.3) is 0 Å². The van der Waals surface area contributed by atoms with Gasteiger partial charge < -0.3 is 20.8 Å². The molecule has 0 aromatic heterocycles. The molecule has 2 amide bonds. The second kappa shape index (κ2) is 7.45. The van der Waals surface area contributed by atoms with Crippen LogP contribution >= 0.6 is 11.6 Å². The van der Waals surface area contributed by atoms with Crippen molar-refractivity contribution in [3.63, 3.8) is 0 Å². The maximum absolute atomic E-state index is 12.7. The Morgan fingerprint density at radius 3 is 2.30 bits per heavy atom. The molecular weight excluding hydrogens is 389 g/mol. The smallest absolute Gasteiger partial charge is 0.426 e. The molecule has 0 spiro atoms. The van der Waals surface area contributed by atoms with Gasteiger partial charge in [0.2, 0.25) is 5.60 Å². The molecule has 2 aromatic rings. The Kier molecular flexibility index (Phi) is 5.67. The number of amides is 2. The van der Waals surface area contributed by atoms with Gasteiger partial charge in [-0.3, -0.25) is 9.59 Å². The van der Waals surface area contributed by atoms with Gasteiger partial charge >= 0.3 is 6.18 Å². The number of hydrogen-bond donors (Lipinski definition) is 4. The molecule has 0 saturated heterocycles. The fraction of sp³-hybridized carbons (Fsp3) is 0.176.